The van der Waals surface area contributed by atoms with Gasteiger partial charge in [0.15, 0.2) is 23.1 Å². The molecular weight excluding hydrogens is 398 g/mol. The Kier molecular flexibility index (Phi) is 3.49. The van der Waals surface area contributed by atoms with Crippen molar-refractivity contribution >= 4 is 23.3 Å². The standard InChI is InChI=1S/C24H19NO6/c26-22(13-6-8-16-17(9-13)30-11-29-16)21-20-18-10-28-24(31-18)23(27)19(20)15-7-5-12-3-1-2-4-14(12)25(15)21/h1-9,15,18-21,24H,10-11H2/t15-,18+,19-,20-,21+,24+/m1/s1. The average molecular weight is 417 g/mol. The van der Waals surface area contributed by atoms with Crippen LogP contribution in [0.1, 0.15) is 15.9 Å². The second-order valence-electron chi connectivity index (χ2n) is 8.54. The molecule has 0 unspecified atom stereocenters. The molecule has 7 rings (SSSR count). The molecule has 5 aliphatic rings. The summed E-state index contributed by atoms with van der Waals surface area (Å²) in [5.74, 6) is 0.439. The lowest BCUT2D eigenvalue weighted by molar-refractivity contribution is -0.163. The zero-order chi connectivity index (χ0) is 20.7. The van der Waals surface area contributed by atoms with Crippen LogP contribution in [0.3, 0.4) is 0 Å². The maximum atomic E-state index is 14.0. The van der Waals surface area contributed by atoms with Gasteiger partial charge in [0.05, 0.1) is 30.7 Å². The van der Waals surface area contributed by atoms with Gasteiger partial charge in [-0.05, 0) is 29.8 Å². The zero-order valence-electron chi connectivity index (χ0n) is 16.5. The van der Waals surface area contributed by atoms with Crippen LogP contribution in [-0.2, 0) is 14.3 Å². The molecule has 0 aliphatic carbocycles. The minimum Gasteiger partial charge on any atom is -0.454 e. The predicted octanol–water partition coefficient (Wildman–Crippen LogP) is 2.44. The number of carbonyl (C=O) groups excluding carboxylic acids is 2. The summed E-state index contributed by atoms with van der Waals surface area (Å²) in [6, 6.07) is 12.5. The molecule has 2 aromatic rings. The number of hydrogen-bond acceptors (Lipinski definition) is 7. The summed E-state index contributed by atoms with van der Waals surface area (Å²) in [6.45, 7) is 0.477. The fourth-order valence-corrected chi connectivity index (χ4v) is 5.80. The van der Waals surface area contributed by atoms with E-state index in [-0.39, 0.29) is 42.3 Å². The number of rotatable bonds is 2. The first-order valence-corrected chi connectivity index (χ1v) is 10.5. The van der Waals surface area contributed by atoms with Crippen LogP contribution in [-0.4, -0.2) is 49.4 Å². The van der Waals surface area contributed by atoms with E-state index in [1.54, 1.807) is 18.2 Å². The van der Waals surface area contributed by atoms with E-state index in [4.69, 9.17) is 18.9 Å². The Morgan fingerprint density at radius 3 is 2.87 bits per heavy atom. The van der Waals surface area contributed by atoms with E-state index in [1.165, 1.54) is 0 Å². The normalized spacial score (nSPS) is 33.8. The maximum absolute atomic E-state index is 14.0. The number of Topliss-reactive ketones (excluding diaryl/α,β-unsaturated/α-hetero) is 2. The van der Waals surface area contributed by atoms with Gasteiger partial charge in [0.1, 0.15) is 0 Å². The van der Waals surface area contributed by atoms with E-state index in [1.807, 2.05) is 30.3 Å². The minimum absolute atomic E-state index is 0.0531. The smallest absolute Gasteiger partial charge is 0.231 e. The van der Waals surface area contributed by atoms with Crippen molar-refractivity contribution in [3.8, 4) is 11.5 Å². The number of ketones is 2. The van der Waals surface area contributed by atoms with Crippen LogP contribution in [0, 0.1) is 11.8 Å². The van der Waals surface area contributed by atoms with Gasteiger partial charge in [0, 0.05) is 17.2 Å². The molecule has 7 heteroatoms. The van der Waals surface area contributed by atoms with Crippen LogP contribution in [0.25, 0.3) is 6.08 Å². The highest BCUT2D eigenvalue weighted by atomic mass is 16.7. The number of hydrogen-bond donors (Lipinski definition) is 0. The lowest BCUT2D eigenvalue weighted by atomic mass is 9.77. The summed E-state index contributed by atoms with van der Waals surface area (Å²) in [5, 5.41) is 0. The van der Waals surface area contributed by atoms with Gasteiger partial charge in [-0.3, -0.25) is 9.59 Å². The Hall–Kier alpha value is -3.16. The third-order valence-corrected chi connectivity index (χ3v) is 7.08. The molecule has 156 valence electrons. The van der Waals surface area contributed by atoms with Crippen molar-refractivity contribution in [2.24, 2.45) is 11.8 Å². The summed E-state index contributed by atoms with van der Waals surface area (Å²) < 4.78 is 22.4. The van der Waals surface area contributed by atoms with Gasteiger partial charge in [-0.15, -0.1) is 0 Å². The quantitative estimate of drug-likeness (QED) is 0.695. The summed E-state index contributed by atoms with van der Waals surface area (Å²) in [6.07, 6.45) is 2.99. The zero-order valence-corrected chi connectivity index (χ0v) is 16.5. The first kappa shape index (κ1) is 17.5. The number of ether oxygens (including phenoxy) is 4. The molecule has 3 saturated heterocycles. The molecule has 0 saturated carbocycles. The third kappa shape index (κ3) is 2.30. The van der Waals surface area contributed by atoms with Crippen molar-refractivity contribution in [2.45, 2.75) is 24.5 Å². The number of anilines is 1. The number of fused-ring (bicyclic) bond motifs is 9. The Bertz CT molecular complexity index is 1160. The minimum atomic E-state index is -0.821. The summed E-state index contributed by atoms with van der Waals surface area (Å²) in [4.78, 5) is 29.3. The molecule has 0 N–H and O–H groups in total. The molecule has 5 aliphatic heterocycles. The molecule has 0 radical (unpaired) electrons. The SMILES string of the molecule is O=C1[C@H]2OC[C@H](O2)[C@@H]2[C@H]1[C@H]1C=Cc3ccccc3N1[C@@H]2C(=O)c1ccc2c(c1)OCO2. The van der Waals surface area contributed by atoms with Crippen LogP contribution in [0.5, 0.6) is 11.5 Å². The highest BCUT2D eigenvalue weighted by molar-refractivity contribution is 6.05. The molecule has 7 nitrogen and oxygen atoms in total. The van der Waals surface area contributed by atoms with Gasteiger partial charge in [0.2, 0.25) is 13.1 Å². The molecule has 2 aromatic carbocycles. The van der Waals surface area contributed by atoms with E-state index in [0.29, 0.717) is 23.7 Å². The number of carbonyl (C=O) groups is 2. The molecule has 6 atom stereocenters. The Morgan fingerprint density at radius 2 is 1.94 bits per heavy atom. The van der Waals surface area contributed by atoms with Crippen molar-refractivity contribution < 1.29 is 28.5 Å². The second-order valence-corrected chi connectivity index (χ2v) is 8.54. The van der Waals surface area contributed by atoms with E-state index in [0.717, 1.165) is 11.3 Å². The molecule has 5 heterocycles. The van der Waals surface area contributed by atoms with Gasteiger partial charge >= 0.3 is 0 Å². The van der Waals surface area contributed by atoms with Crippen molar-refractivity contribution in [1.82, 2.24) is 0 Å². The Balaban J connectivity index is 1.38. The van der Waals surface area contributed by atoms with Gasteiger partial charge < -0.3 is 23.8 Å². The summed E-state index contributed by atoms with van der Waals surface area (Å²) in [7, 11) is 0. The average Bonchev–Trinajstić information content (AvgIpc) is 3.52. The monoisotopic (exact) mass is 417 g/mol. The summed E-state index contributed by atoms with van der Waals surface area (Å²) >= 11 is 0. The fraction of sp³-hybridized carbons (Fsp3) is 0.333. The highest BCUT2D eigenvalue weighted by Crippen LogP contribution is 2.51. The van der Waals surface area contributed by atoms with E-state index >= 15 is 0 Å². The fourth-order valence-electron chi connectivity index (χ4n) is 5.80. The largest absolute Gasteiger partial charge is 0.454 e. The second kappa shape index (κ2) is 6.18. The van der Waals surface area contributed by atoms with Crippen LogP contribution < -0.4 is 14.4 Å². The molecule has 0 spiro atoms. The molecule has 3 fully saturated rings. The molecule has 0 aromatic heterocycles. The molecular formula is C24H19NO6. The van der Waals surface area contributed by atoms with Crippen molar-refractivity contribution in [3.63, 3.8) is 0 Å². The van der Waals surface area contributed by atoms with Gasteiger partial charge in [-0.25, -0.2) is 0 Å². The van der Waals surface area contributed by atoms with Gasteiger partial charge in [-0.2, -0.15) is 0 Å². The predicted molar refractivity (Wildman–Crippen MR) is 109 cm³/mol. The van der Waals surface area contributed by atoms with Crippen molar-refractivity contribution in [3.05, 3.63) is 59.7 Å². The van der Waals surface area contributed by atoms with Crippen LogP contribution in [0.4, 0.5) is 5.69 Å². The topological polar surface area (TPSA) is 74.3 Å². The van der Waals surface area contributed by atoms with E-state index in [2.05, 4.69) is 11.0 Å². The lowest BCUT2D eigenvalue weighted by Gasteiger charge is -2.35. The molecule has 31 heavy (non-hydrogen) atoms. The van der Waals surface area contributed by atoms with Gasteiger partial charge in [0.25, 0.3) is 0 Å². The molecule has 0 amide bonds. The Morgan fingerprint density at radius 1 is 1.06 bits per heavy atom. The van der Waals surface area contributed by atoms with Gasteiger partial charge in [-0.1, -0.05) is 30.4 Å². The van der Waals surface area contributed by atoms with Crippen LogP contribution in [0.2, 0.25) is 0 Å². The van der Waals surface area contributed by atoms with Crippen LogP contribution >= 0.6 is 0 Å². The maximum Gasteiger partial charge on any atom is 0.231 e. The van der Waals surface area contributed by atoms with Crippen molar-refractivity contribution in [2.75, 3.05) is 18.3 Å². The Labute approximate surface area is 178 Å². The molecule has 2 bridgehead atoms. The van der Waals surface area contributed by atoms with Crippen LogP contribution in [0.15, 0.2) is 48.5 Å². The highest BCUT2D eigenvalue weighted by Gasteiger charge is 2.63. The number of para-hydroxylation sites is 1. The third-order valence-electron chi connectivity index (χ3n) is 7.08. The lowest BCUT2D eigenvalue weighted by Crippen LogP contribution is -2.48. The first-order chi connectivity index (χ1) is 15.2. The number of nitrogens with zero attached hydrogens (tertiary/aromatic N) is 1. The number of benzene rings is 2. The first-order valence-electron chi connectivity index (χ1n) is 10.5. The van der Waals surface area contributed by atoms with E-state index in [9.17, 15) is 9.59 Å². The summed E-state index contributed by atoms with van der Waals surface area (Å²) in [5.41, 5.74) is 2.54. The van der Waals surface area contributed by atoms with E-state index < -0.39 is 12.3 Å². The van der Waals surface area contributed by atoms with Crippen molar-refractivity contribution in [1.29, 1.82) is 0 Å².